The van der Waals surface area contributed by atoms with Gasteiger partial charge in [0.2, 0.25) is 0 Å². The minimum atomic E-state index is 0.355. The van der Waals surface area contributed by atoms with Crippen molar-refractivity contribution in [2.75, 3.05) is 13.1 Å². The van der Waals surface area contributed by atoms with Crippen molar-refractivity contribution < 1.29 is 0 Å². The summed E-state index contributed by atoms with van der Waals surface area (Å²) in [5.74, 6) is 0.633. The molecule has 1 aromatic rings. The van der Waals surface area contributed by atoms with E-state index in [-0.39, 0.29) is 0 Å². The van der Waals surface area contributed by atoms with E-state index in [1.54, 1.807) is 0 Å². The Hall–Kier alpha value is -0.130. The summed E-state index contributed by atoms with van der Waals surface area (Å²) in [6, 6.07) is 9.09. The van der Waals surface area contributed by atoms with Gasteiger partial charge in [-0.3, -0.25) is 4.90 Å². The van der Waals surface area contributed by atoms with Crippen LogP contribution in [0.5, 0.6) is 0 Å². The van der Waals surface area contributed by atoms with Crippen LogP contribution in [0.15, 0.2) is 24.3 Å². The third-order valence-electron chi connectivity index (χ3n) is 3.07. The third kappa shape index (κ3) is 2.92. The maximum absolute atomic E-state index is 6.00. The van der Waals surface area contributed by atoms with Crippen LogP contribution in [0.1, 0.15) is 12.5 Å². The number of rotatable bonds is 2. The quantitative estimate of drug-likeness (QED) is 0.847. The normalized spacial score (nSPS) is 27.1. The van der Waals surface area contributed by atoms with Crippen LogP contribution in [0.25, 0.3) is 0 Å². The van der Waals surface area contributed by atoms with Crippen LogP contribution in [0, 0.1) is 9.49 Å². The zero-order valence-corrected chi connectivity index (χ0v) is 11.1. The minimum Gasteiger partial charge on any atom is -0.326 e. The maximum atomic E-state index is 6.00. The molecule has 0 aromatic heterocycles. The lowest BCUT2D eigenvalue weighted by Gasteiger charge is -2.15. The van der Waals surface area contributed by atoms with Crippen molar-refractivity contribution in [3.8, 4) is 0 Å². The monoisotopic (exact) mass is 316 g/mol. The van der Waals surface area contributed by atoms with E-state index in [0.29, 0.717) is 12.0 Å². The van der Waals surface area contributed by atoms with Crippen molar-refractivity contribution in [2.24, 2.45) is 11.7 Å². The van der Waals surface area contributed by atoms with E-state index in [9.17, 15) is 0 Å². The lowest BCUT2D eigenvalue weighted by molar-refractivity contribution is 0.319. The molecule has 1 aliphatic rings. The smallest absolute Gasteiger partial charge is 0.0234 e. The molecule has 0 spiro atoms. The minimum absolute atomic E-state index is 0.355. The molecular weight excluding hydrogens is 299 g/mol. The number of benzene rings is 1. The Morgan fingerprint density at radius 2 is 2.00 bits per heavy atom. The molecule has 1 aliphatic heterocycles. The van der Waals surface area contributed by atoms with E-state index in [1.165, 1.54) is 9.13 Å². The number of halogens is 1. The third-order valence-corrected chi connectivity index (χ3v) is 3.78. The molecule has 0 bridgehead atoms. The predicted molar refractivity (Wildman–Crippen MR) is 71.6 cm³/mol. The van der Waals surface area contributed by atoms with Gasteiger partial charge in [-0.2, -0.15) is 0 Å². The van der Waals surface area contributed by atoms with E-state index < -0.39 is 0 Å². The fraction of sp³-hybridized carbons (Fsp3) is 0.500. The largest absolute Gasteiger partial charge is 0.326 e. The van der Waals surface area contributed by atoms with Crippen LogP contribution < -0.4 is 5.73 Å². The van der Waals surface area contributed by atoms with E-state index in [2.05, 4.69) is 58.7 Å². The van der Waals surface area contributed by atoms with Crippen molar-refractivity contribution in [3.63, 3.8) is 0 Å². The lowest BCUT2D eigenvalue weighted by atomic mass is 10.1. The number of hydrogen-bond donors (Lipinski definition) is 1. The molecule has 3 heteroatoms. The van der Waals surface area contributed by atoms with E-state index >= 15 is 0 Å². The summed E-state index contributed by atoms with van der Waals surface area (Å²) in [6.45, 7) is 5.44. The van der Waals surface area contributed by atoms with Gasteiger partial charge in [0.25, 0.3) is 0 Å². The number of nitrogens with zero attached hydrogens (tertiary/aromatic N) is 1. The molecule has 2 nitrogen and oxygen atoms in total. The Morgan fingerprint density at radius 1 is 1.33 bits per heavy atom. The molecular formula is C12H17IN2. The van der Waals surface area contributed by atoms with Gasteiger partial charge in [-0.15, -0.1) is 0 Å². The predicted octanol–water partition coefficient (Wildman–Crippen LogP) is 2.07. The van der Waals surface area contributed by atoms with Crippen molar-refractivity contribution in [1.82, 2.24) is 4.90 Å². The highest BCUT2D eigenvalue weighted by atomic mass is 127. The number of hydrogen-bond acceptors (Lipinski definition) is 2. The molecule has 15 heavy (non-hydrogen) atoms. The first-order chi connectivity index (χ1) is 7.15. The van der Waals surface area contributed by atoms with Gasteiger partial charge in [0.05, 0.1) is 0 Å². The highest BCUT2D eigenvalue weighted by molar-refractivity contribution is 14.1. The molecule has 0 aliphatic carbocycles. The average molecular weight is 316 g/mol. The number of likely N-dealkylation sites (tertiary alicyclic amines) is 1. The summed E-state index contributed by atoms with van der Waals surface area (Å²) in [6.07, 6.45) is 0. The molecule has 0 radical (unpaired) electrons. The van der Waals surface area contributed by atoms with Gasteiger partial charge in [-0.05, 0) is 46.2 Å². The van der Waals surface area contributed by atoms with Gasteiger partial charge in [0, 0.05) is 29.2 Å². The van der Waals surface area contributed by atoms with Crippen LogP contribution in [-0.4, -0.2) is 24.0 Å². The molecule has 2 N–H and O–H groups in total. The summed E-state index contributed by atoms with van der Waals surface area (Å²) in [4.78, 5) is 2.44. The van der Waals surface area contributed by atoms with Crippen molar-refractivity contribution in [2.45, 2.75) is 19.5 Å². The first-order valence-electron chi connectivity index (χ1n) is 5.37. The molecule has 0 saturated carbocycles. The molecule has 1 fully saturated rings. The van der Waals surface area contributed by atoms with Crippen LogP contribution in [0.4, 0.5) is 0 Å². The average Bonchev–Trinajstić information content (AvgIpc) is 2.50. The van der Waals surface area contributed by atoms with Crippen LogP contribution >= 0.6 is 22.6 Å². The van der Waals surface area contributed by atoms with Crippen molar-refractivity contribution in [3.05, 3.63) is 33.4 Å². The first kappa shape index (κ1) is 11.4. The van der Waals surface area contributed by atoms with Crippen LogP contribution in [0.3, 0.4) is 0 Å². The van der Waals surface area contributed by atoms with Crippen molar-refractivity contribution >= 4 is 22.6 Å². The zero-order valence-electron chi connectivity index (χ0n) is 8.99. The van der Waals surface area contributed by atoms with Gasteiger partial charge in [-0.25, -0.2) is 0 Å². The first-order valence-corrected chi connectivity index (χ1v) is 6.45. The maximum Gasteiger partial charge on any atom is 0.0234 e. The fourth-order valence-electron chi connectivity index (χ4n) is 2.07. The molecule has 2 rings (SSSR count). The van der Waals surface area contributed by atoms with Gasteiger partial charge < -0.3 is 5.73 Å². The van der Waals surface area contributed by atoms with E-state index in [4.69, 9.17) is 5.73 Å². The molecule has 1 saturated heterocycles. The topological polar surface area (TPSA) is 29.3 Å². The molecule has 82 valence electrons. The Labute approximate surface area is 105 Å². The summed E-state index contributed by atoms with van der Waals surface area (Å²) in [5, 5.41) is 0. The second-order valence-electron chi connectivity index (χ2n) is 4.46. The lowest BCUT2D eigenvalue weighted by Crippen LogP contribution is -2.28. The van der Waals surface area contributed by atoms with Gasteiger partial charge in [0.1, 0.15) is 0 Å². The molecule has 1 heterocycles. The van der Waals surface area contributed by atoms with Crippen molar-refractivity contribution in [1.29, 1.82) is 0 Å². The number of nitrogens with two attached hydrogens (primary N) is 1. The summed E-state index contributed by atoms with van der Waals surface area (Å²) in [5.41, 5.74) is 7.39. The van der Waals surface area contributed by atoms with Crippen LogP contribution in [-0.2, 0) is 6.54 Å². The van der Waals surface area contributed by atoms with Gasteiger partial charge >= 0.3 is 0 Å². The molecule has 2 atom stereocenters. The Bertz CT molecular complexity index is 313. The van der Waals surface area contributed by atoms with Crippen LogP contribution in [0.2, 0.25) is 0 Å². The van der Waals surface area contributed by atoms with E-state index in [1.807, 2.05) is 0 Å². The fourth-order valence-corrected chi connectivity index (χ4v) is 2.43. The summed E-state index contributed by atoms with van der Waals surface area (Å²) in [7, 11) is 0. The zero-order chi connectivity index (χ0) is 10.8. The Balaban J connectivity index is 1.95. The highest BCUT2D eigenvalue weighted by Crippen LogP contribution is 2.17. The Kier molecular flexibility index (Phi) is 3.64. The molecule has 2 unspecified atom stereocenters. The van der Waals surface area contributed by atoms with Gasteiger partial charge in [0.15, 0.2) is 0 Å². The second kappa shape index (κ2) is 4.80. The standard InChI is InChI=1S/C12H17IN2/c1-9-6-15(8-12(9)14)7-10-2-4-11(13)5-3-10/h2-5,9,12H,6-8,14H2,1H3. The summed E-state index contributed by atoms with van der Waals surface area (Å²) >= 11 is 2.33. The van der Waals surface area contributed by atoms with E-state index in [0.717, 1.165) is 19.6 Å². The highest BCUT2D eigenvalue weighted by Gasteiger charge is 2.25. The molecule has 0 amide bonds. The van der Waals surface area contributed by atoms with Gasteiger partial charge in [-0.1, -0.05) is 19.1 Å². The Morgan fingerprint density at radius 3 is 2.53 bits per heavy atom. The SMILES string of the molecule is CC1CN(Cc2ccc(I)cc2)CC1N. The molecule has 1 aromatic carbocycles. The second-order valence-corrected chi connectivity index (χ2v) is 5.71. The summed E-state index contributed by atoms with van der Waals surface area (Å²) < 4.78 is 1.29.